The first kappa shape index (κ1) is 15.8. The number of fused-ring (bicyclic) bond motifs is 2. The van der Waals surface area contributed by atoms with Gasteiger partial charge >= 0.3 is 0 Å². The van der Waals surface area contributed by atoms with Crippen LogP contribution >= 0.6 is 0 Å². The number of piperidine rings is 1. The van der Waals surface area contributed by atoms with Gasteiger partial charge in [0.2, 0.25) is 0 Å². The molecule has 122 valence electrons. The fourth-order valence-corrected chi connectivity index (χ4v) is 6.42. The third-order valence-electron chi connectivity index (χ3n) is 5.79. The lowest BCUT2D eigenvalue weighted by Crippen LogP contribution is -2.54. The second-order valence-corrected chi connectivity index (χ2v) is 9.63. The molecule has 1 aliphatic carbocycles. The Kier molecular flexibility index (Phi) is 4.63. The highest BCUT2D eigenvalue weighted by Crippen LogP contribution is 2.36. The van der Waals surface area contributed by atoms with Crippen molar-refractivity contribution in [3.63, 3.8) is 0 Å². The van der Waals surface area contributed by atoms with Crippen LogP contribution in [0.25, 0.3) is 0 Å². The molecule has 2 aliphatic heterocycles. The molecule has 2 saturated heterocycles. The third-order valence-corrected chi connectivity index (χ3v) is 7.44. The second-order valence-electron chi connectivity index (χ2n) is 7.37. The van der Waals surface area contributed by atoms with Crippen molar-refractivity contribution >= 4 is 9.84 Å². The fraction of sp³-hybridized carbons (Fsp3) is 1.00. The van der Waals surface area contributed by atoms with Crippen molar-refractivity contribution in [2.24, 2.45) is 0 Å². The van der Waals surface area contributed by atoms with Crippen LogP contribution in [0.1, 0.15) is 58.3 Å². The van der Waals surface area contributed by atoms with Crippen molar-refractivity contribution in [3.05, 3.63) is 0 Å². The average Bonchev–Trinajstić information content (AvgIpc) is 3.02. The maximum atomic E-state index is 12.1. The van der Waals surface area contributed by atoms with Crippen molar-refractivity contribution in [2.75, 3.05) is 12.8 Å². The lowest BCUT2D eigenvalue weighted by atomic mass is 9.96. The Balaban J connectivity index is 1.77. The molecule has 0 aromatic carbocycles. The van der Waals surface area contributed by atoms with Gasteiger partial charge in [0.05, 0.1) is 5.25 Å². The summed E-state index contributed by atoms with van der Waals surface area (Å²) in [6.45, 7) is 3.27. The minimum atomic E-state index is -2.92. The topological polar surface area (TPSA) is 49.4 Å². The summed E-state index contributed by atoms with van der Waals surface area (Å²) < 4.78 is 24.3. The molecule has 0 amide bonds. The Morgan fingerprint density at radius 3 is 2.33 bits per heavy atom. The van der Waals surface area contributed by atoms with Crippen LogP contribution in [0.2, 0.25) is 0 Å². The summed E-state index contributed by atoms with van der Waals surface area (Å²) >= 11 is 0. The Morgan fingerprint density at radius 2 is 1.76 bits per heavy atom. The van der Waals surface area contributed by atoms with E-state index in [1.165, 1.54) is 31.9 Å². The average molecular weight is 314 g/mol. The van der Waals surface area contributed by atoms with Crippen LogP contribution in [-0.2, 0) is 9.84 Å². The van der Waals surface area contributed by atoms with Gasteiger partial charge in [-0.25, -0.2) is 8.42 Å². The minimum Gasteiger partial charge on any atom is -0.311 e. The fourth-order valence-electron chi connectivity index (χ4n) is 4.96. The molecule has 3 rings (SSSR count). The predicted octanol–water partition coefficient (Wildman–Crippen LogP) is 1.95. The standard InChI is InChI=1S/C16H30N2O2S/c1-3-9-18(14-10-12-7-8-13(11-14)17-12)15-5-4-6-16(15)21(2,19)20/h12-17H,3-11H2,1-2H3. The van der Waals surface area contributed by atoms with Crippen molar-refractivity contribution in [1.82, 2.24) is 10.2 Å². The summed E-state index contributed by atoms with van der Waals surface area (Å²) in [5, 5.41) is 3.58. The van der Waals surface area contributed by atoms with Crippen LogP contribution in [0.3, 0.4) is 0 Å². The molecule has 4 unspecified atom stereocenters. The van der Waals surface area contributed by atoms with Crippen LogP contribution in [0, 0.1) is 0 Å². The van der Waals surface area contributed by atoms with Crippen LogP contribution < -0.4 is 5.32 Å². The SMILES string of the molecule is CCCN(C1CC2CCC(C1)N2)C1CCCC1S(C)(=O)=O. The summed E-state index contributed by atoms with van der Waals surface area (Å²) in [6, 6.07) is 2.20. The molecule has 1 saturated carbocycles. The highest BCUT2D eigenvalue weighted by molar-refractivity contribution is 7.91. The molecule has 2 heterocycles. The molecule has 1 N–H and O–H groups in total. The third kappa shape index (κ3) is 3.30. The van der Waals surface area contributed by atoms with E-state index in [1.807, 2.05) is 0 Å². The molecule has 2 bridgehead atoms. The molecule has 4 nitrogen and oxygen atoms in total. The molecular weight excluding hydrogens is 284 g/mol. The molecule has 0 aromatic rings. The molecule has 0 aromatic heterocycles. The molecule has 4 atom stereocenters. The van der Waals surface area contributed by atoms with Gasteiger partial charge in [-0.1, -0.05) is 13.3 Å². The van der Waals surface area contributed by atoms with E-state index < -0.39 is 9.84 Å². The lowest BCUT2D eigenvalue weighted by Gasteiger charge is -2.42. The van der Waals surface area contributed by atoms with Gasteiger partial charge in [-0.3, -0.25) is 4.90 Å². The monoisotopic (exact) mass is 314 g/mol. The van der Waals surface area contributed by atoms with E-state index in [-0.39, 0.29) is 11.3 Å². The normalized spacial score (nSPS) is 40.0. The van der Waals surface area contributed by atoms with E-state index in [0.717, 1.165) is 32.2 Å². The summed E-state index contributed by atoms with van der Waals surface area (Å²) in [6.07, 6.45) is 10.6. The number of hydrogen-bond acceptors (Lipinski definition) is 4. The number of hydrogen-bond donors (Lipinski definition) is 1. The van der Waals surface area contributed by atoms with Crippen molar-refractivity contribution < 1.29 is 8.42 Å². The number of nitrogens with one attached hydrogen (secondary N) is 1. The van der Waals surface area contributed by atoms with E-state index in [0.29, 0.717) is 18.1 Å². The van der Waals surface area contributed by atoms with Crippen LogP contribution in [0.4, 0.5) is 0 Å². The van der Waals surface area contributed by atoms with Gasteiger partial charge in [-0.05, 0) is 51.5 Å². The van der Waals surface area contributed by atoms with Crippen LogP contribution in [-0.4, -0.2) is 55.5 Å². The van der Waals surface area contributed by atoms with Crippen LogP contribution in [0.15, 0.2) is 0 Å². The van der Waals surface area contributed by atoms with Gasteiger partial charge in [-0.2, -0.15) is 0 Å². The van der Waals surface area contributed by atoms with Crippen molar-refractivity contribution in [3.8, 4) is 0 Å². The molecule has 3 fully saturated rings. The summed E-state index contributed by atoms with van der Waals surface area (Å²) in [4.78, 5) is 2.59. The molecule has 3 aliphatic rings. The second kappa shape index (κ2) is 6.17. The summed E-state index contributed by atoms with van der Waals surface area (Å²) in [5.74, 6) is 0. The van der Waals surface area contributed by atoms with E-state index in [9.17, 15) is 8.42 Å². The van der Waals surface area contributed by atoms with Gasteiger partial charge in [0, 0.05) is 30.4 Å². The zero-order valence-corrected chi connectivity index (χ0v) is 14.2. The van der Waals surface area contributed by atoms with E-state index in [4.69, 9.17) is 0 Å². The van der Waals surface area contributed by atoms with Gasteiger partial charge in [0.15, 0.2) is 9.84 Å². The lowest BCUT2D eigenvalue weighted by molar-refractivity contribution is 0.0968. The predicted molar refractivity (Wildman–Crippen MR) is 86.2 cm³/mol. The number of nitrogens with zero attached hydrogens (tertiary/aromatic N) is 1. The minimum absolute atomic E-state index is 0.128. The zero-order valence-electron chi connectivity index (χ0n) is 13.4. The summed E-state index contributed by atoms with van der Waals surface area (Å²) in [5.41, 5.74) is 0. The van der Waals surface area contributed by atoms with E-state index >= 15 is 0 Å². The Labute approximate surface area is 129 Å². The Bertz CT molecular complexity index is 453. The van der Waals surface area contributed by atoms with Gasteiger partial charge in [-0.15, -0.1) is 0 Å². The van der Waals surface area contributed by atoms with Crippen molar-refractivity contribution in [2.45, 2.75) is 87.7 Å². The molecule has 21 heavy (non-hydrogen) atoms. The summed E-state index contributed by atoms with van der Waals surface area (Å²) in [7, 11) is -2.92. The molecular formula is C16H30N2O2S. The first-order chi connectivity index (χ1) is 9.99. The maximum Gasteiger partial charge on any atom is 0.151 e. The largest absolute Gasteiger partial charge is 0.311 e. The Hall–Kier alpha value is -0.130. The smallest absolute Gasteiger partial charge is 0.151 e. The van der Waals surface area contributed by atoms with Gasteiger partial charge in [0.25, 0.3) is 0 Å². The van der Waals surface area contributed by atoms with Gasteiger partial charge in [0.1, 0.15) is 0 Å². The molecule has 0 spiro atoms. The first-order valence-electron chi connectivity index (χ1n) is 8.69. The first-order valence-corrected chi connectivity index (χ1v) is 10.6. The van der Waals surface area contributed by atoms with Crippen molar-refractivity contribution in [1.29, 1.82) is 0 Å². The Morgan fingerprint density at radius 1 is 1.10 bits per heavy atom. The van der Waals surface area contributed by atoms with E-state index in [1.54, 1.807) is 0 Å². The molecule has 0 radical (unpaired) electrons. The number of rotatable bonds is 5. The quantitative estimate of drug-likeness (QED) is 0.842. The van der Waals surface area contributed by atoms with Crippen LogP contribution in [0.5, 0.6) is 0 Å². The van der Waals surface area contributed by atoms with Gasteiger partial charge < -0.3 is 5.32 Å². The zero-order chi connectivity index (χ0) is 15.0. The molecule has 5 heteroatoms. The maximum absolute atomic E-state index is 12.1. The number of sulfone groups is 1. The highest BCUT2D eigenvalue weighted by atomic mass is 32.2. The highest BCUT2D eigenvalue weighted by Gasteiger charge is 2.43. The van der Waals surface area contributed by atoms with E-state index in [2.05, 4.69) is 17.1 Å².